The molecule has 0 saturated carbocycles. The SMILES string of the molecule is CN(C)CC/C=C(/c1ccc(F)cc1)c1ccc(C#N)cc1COC(=O)c1ccc2c(c1)COC2(CCCN(C)C)c1ccc(F)cc1.CN(C)CCCC(=O)c1ccc2c(c1)COC2(CCCN(C)C)c1ccc(F)cc1.CN(C)CCCC1(c2ccc(F)cc2)OCc2cc(C(N)=O)ccc21.[C-]#[N+]c1ccc(C(O)(CCCN(C)C)c2ccc(F)cc2)c(CO)c1. The number of benzene rings is 10. The van der Waals surface area contributed by atoms with E-state index in [1.807, 2.05) is 130 Å². The maximum atomic E-state index is 13.9. The van der Waals surface area contributed by atoms with Crippen LogP contribution in [0.4, 0.5) is 27.6 Å². The van der Waals surface area contributed by atoms with Gasteiger partial charge in [-0.05, 0) is 374 Å². The van der Waals surface area contributed by atoms with Gasteiger partial charge in [-0.1, -0.05) is 115 Å². The molecule has 13 rings (SSSR count). The van der Waals surface area contributed by atoms with Gasteiger partial charge in [-0.25, -0.2) is 31.6 Å². The Hall–Kier alpha value is -11.3. The molecule has 674 valence electrons. The Morgan fingerprint density at radius 1 is 0.484 bits per heavy atom. The van der Waals surface area contributed by atoms with Crippen LogP contribution in [-0.4, -0.2) is 181 Å². The molecule has 0 aliphatic carbocycles. The topological polar surface area (TPSA) is 202 Å². The summed E-state index contributed by atoms with van der Waals surface area (Å²) in [6.07, 6.45) is 10.4. The average Bonchev–Trinajstić information content (AvgIpc) is 1.60. The van der Waals surface area contributed by atoms with Crippen LogP contribution in [-0.2, 0) is 74.4 Å². The van der Waals surface area contributed by atoms with E-state index in [-0.39, 0.29) is 48.1 Å². The standard InChI is InChI=1S/C40H41F2N3O3.C25H33FN2O2.2C20H23FN2O2/c1-44(2)21-5-7-36(29-9-14-34(41)15-10-29)37-18-8-28(25-43)23-31(37)26-47-39(46)30-11-19-38-32(24-30)27-48-40(38,20-6-22-45(3)4)33-12-16-35(42)17-13-33;1-27(2)15-5-7-24(29)19-8-13-23-20(17-19)18-30-25(23,14-6-16-28(3)4)21-9-11-22(26)12-10-21;1-23(2)11-3-10-20(16-5-7-17(21)8-6-16)18-9-4-14(19(22)24)12-15(18)13-25-20;1-22-18-9-10-19(15(13-18)14-24)20(25,11-4-12-23(2)3)16-5-7-17(21)8-6-16/h7-19,23-24H,5-6,20-22,26-27H2,1-4H3;8-13,17H,5-7,14-16,18H2,1-4H3;4-9,12H,3,10-11,13H2,1-2H3,(H2,22,24);5-10,13,24-25H,4,11-12,14H2,2-3H3/b36-7-;;;. The van der Waals surface area contributed by atoms with Crippen LogP contribution in [0.25, 0.3) is 10.4 Å². The molecule has 0 aromatic heterocycles. The number of nitriles is 1. The molecule has 3 heterocycles. The van der Waals surface area contributed by atoms with Gasteiger partial charge < -0.3 is 64.3 Å². The van der Waals surface area contributed by atoms with Gasteiger partial charge >= 0.3 is 5.97 Å². The lowest BCUT2D eigenvalue weighted by atomic mass is 9.80. The van der Waals surface area contributed by atoms with E-state index >= 15 is 0 Å². The number of ketones is 1. The van der Waals surface area contributed by atoms with Gasteiger partial charge in [-0.15, -0.1) is 0 Å². The van der Waals surface area contributed by atoms with Crippen molar-refractivity contribution < 1.29 is 65.5 Å². The number of primary amides is 1. The Kier molecular flexibility index (Phi) is 35.6. The van der Waals surface area contributed by atoms with Gasteiger partial charge in [0.2, 0.25) is 5.91 Å². The third kappa shape index (κ3) is 25.6. The number of aliphatic hydroxyl groups excluding tert-OH is 1. The highest BCUT2D eigenvalue weighted by Gasteiger charge is 2.45. The monoisotopic (exact) mass is 1750 g/mol. The van der Waals surface area contributed by atoms with Gasteiger partial charge in [-0.2, -0.15) is 5.26 Å². The smallest absolute Gasteiger partial charge is 0.338 e. The van der Waals surface area contributed by atoms with Gasteiger partial charge in [0.25, 0.3) is 0 Å². The lowest BCUT2D eigenvalue weighted by molar-refractivity contribution is -0.0141. The third-order valence-electron chi connectivity index (χ3n) is 23.5. The van der Waals surface area contributed by atoms with Crippen LogP contribution in [0.5, 0.6) is 0 Å². The first kappa shape index (κ1) is 98.9. The Morgan fingerprint density at radius 3 is 1.31 bits per heavy atom. The molecule has 0 bridgehead atoms. The van der Waals surface area contributed by atoms with Gasteiger partial charge in [-0.3, -0.25) is 9.59 Å². The van der Waals surface area contributed by atoms with Crippen molar-refractivity contribution in [2.75, 3.05) is 124 Å². The second-order valence-electron chi connectivity index (χ2n) is 34.6. The zero-order valence-corrected chi connectivity index (χ0v) is 75.6. The maximum absolute atomic E-state index is 13.9. The highest BCUT2D eigenvalue weighted by atomic mass is 19.1. The summed E-state index contributed by atoms with van der Waals surface area (Å²) in [5, 5.41) is 30.9. The summed E-state index contributed by atoms with van der Waals surface area (Å²) in [5.74, 6) is -2.31. The van der Waals surface area contributed by atoms with Gasteiger partial charge in [0, 0.05) is 24.1 Å². The minimum atomic E-state index is -1.36. The number of nitrogens with two attached hydrogens (primary N) is 1. The quantitative estimate of drug-likeness (QED) is 0.0145. The molecule has 128 heavy (non-hydrogen) atoms. The molecule has 0 radical (unpaired) electrons. The highest BCUT2D eigenvalue weighted by molar-refractivity contribution is 5.96. The van der Waals surface area contributed by atoms with Crippen molar-refractivity contribution in [3.8, 4) is 6.07 Å². The zero-order chi connectivity index (χ0) is 92.5. The maximum Gasteiger partial charge on any atom is 0.338 e. The van der Waals surface area contributed by atoms with Crippen molar-refractivity contribution in [1.82, 2.24) is 29.4 Å². The number of hydrogen-bond donors (Lipinski definition) is 3. The number of Topliss-reactive ketones (excluding diaryl/α,β-unsaturated/α-hetero) is 1. The molecule has 1 amide bonds. The Balaban J connectivity index is 0.000000186. The third-order valence-corrected chi connectivity index (χ3v) is 23.5. The normalized spacial score (nSPS) is 16.6. The van der Waals surface area contributed by atoms with Gasteiger partial charge in [0.15, 0.2) is 11.5 Å². The summed E-state index contributed by atoms with van der Waals surface area (Å²) in [4.78, 5) is 53.5. The van der Waals surface area contributed by atoms with E-state index < -0.39 is 34.3 Å². The molecule has 10 aromatic rings. The van der Waals surface area contributed by atoms with Gasteiger partial charge in [0.1, 0.15) is 58.1 Å². The van der Waals surface area contributed by atoms with Crippen molar-refractivity contribution in [3.63, 3.8) is 0 Å². The summed E-state index contributed by atoms with van der Waals surface area (Å²) in [5.41, 5.74) is 18.1. The minimum absolute atomic E-state index is 0.0620. The van der Waals surface area contributed by atoms with Crippen molar-refractivity contribution in [1.29, 1.82) is 5.26 Å². The molecule has 18 nitrogen and oxygen atoms in total. The van der Waals surface area contributed by atoms with E-state index in [1.54, 1.807) is 97.1 Å². The number of ether oxygens (including phenoxy) is 4. The number of fused-ring (bicyclic) bond motifs is 3. The number of rotatable bonds is 36. The second kappa shape index (κ2) is 46.1. The molecule has 4 N–H and O–H groups in total. The van der Waals surface area contributed by atoms with E-state index in [9.17, 15) is 51.8 Å². The molecule has 10 aromatic carbocycles. The molecule has 0 spiro atoms. The van der Waals surface area contributed by atoms with Crippen LogP contribution in [0, 0.1) is 47.0 Å². The first-order chi connectivity index (χ1) is 61.2. The number of aliphatic hydroxyl groups is 2. The number of carbonyl (C=O) groups is 3. The van der Waals surface area contributed by atoms with Crippen LogP contribution in [0.1, 0.15) is 191 Å². The number of halogens is 5. The average molecular weight is 1750 g/mol. The Labute approximate surface area is 751 Å². The summed E-state index contributed by atoms with van der Waals surface area (Å²) in [6, 6.07) is 60.9. The Bertz CT molecular complexity index is 5510. The highest BCUT2D eigenvalue weighted by Crippen LogP contribution is 2.50. The minimum Gasteiger partial charge on any atom is -0.457 e. The number of hydrogen-bond acceptors (Lipinski definition) is 16. The van der Waals surface area contributed by atoms with E-state index in [0.29, 0.717) is 83.7 Å². The lowest BCUT2D eigenvalue weighted by Gasteiger charge is -2.32. The number of amides is 1. The molecule has 3 aliphatic heterocycles. The second-order valence-corrected chi connectivity index (χ2v) is 34.6. The van der Waals surface area contributed by atoms with Crippen molar-refractivity contribution in [3.05, 3.63) is 365 Å². The van der Waals surface area contributed by atoms with Crippen molar-refractivity contribution in [2.45, 2.75) is 126 Å². The summed E-state index contributed by atoms with van der Waals surface area (Å²) in [7, 11) is 24.2. The molecule has 4 atom stereocenters. The first-order valence-corrected chi connectivity index (χ1v) is 43.3. The summed E-state index contributed by atoms with van der Waals surface area (Å²) < 4.78 is 93.0. The number of esters is 1. The number of nitrogens with zero attached hydrogens (tertiary/aromatic N) is 8. The lowest BCUT2D eigenvalue weighted by Crippen LogP contribution is -2.30. The van der Waals surface area contributed by atoms with Crippen LogP contribution in [0.3, 0.4) is 0 Å². The molecule has 3 aliphatic rings. The van der Waals surface area contributed by atoms with Crippen molar-refractivity contribution >= 4 is 28.9 Å². The van der Waals surface area contributed by atoms with Crippen LogP contribution in [0.15, 0.2) is 218 Å². The first-order valence-electron chi connectivity index (χ1n) is 43.3. The largest absolute Gasteiger partial charge is 0.457 e. The molecular formula is C105H120F5N9O9. The molecular weight excluding hydrogens is 1630 g/mol. The fourth-order valence-electron chi connectivity index (χ4n) is 16.9. The molecule has 0 saturated heterocycles. The van der Waals surface area contributed by atoms with E-state index in [0.717, 1.165) is 163 Å². The van der Waals surface area contributed by atoms with E-state index in [4.69, 9.17) is 31.3 Å². The predicted molar refractivity (Wildman–Crippen MR) is 492 cm³/mol. The predicted octanol–water partition coefficient (Wildman–Crippen LogP) is 18.6. The zero-order valence-electron chi connectivity index (χ0n) is 75.6. The van der Waals surface area contributed by atoms with Gasteiger partial charge in [0.05, 0.1) is 50.2 Å². The summed E-state index contributed by atoms with van der Waals surface area (Å²) >= 11 is 0. The van der Waals surface area contributed by atoms with Crippen LogP contribution in [0.2, 0.25) is 0 Å². The van der Waals surface area contributed by atoms with Crippen molar-refractivity contribution in [2.24, 2.45) is 5.73 Å². The van der Waals surface area contributed by atoms with Crippen LogP contribution >= 0.6 is 0 Å². The molecule has 0 fully saturated rings. The fourth-order valence-corrected chi connectivity index (χ4v) is 16.9. The fraction of sp³-hybridized carbons (Fsp3) is 0.362. The van der Waals surface area contributed by atoms with E-state index in [2.05, 4.69) is 55.6 Å². The molecule has 23 heteroatoms. The van der Waals surface area contributed by atoms with E-state index in [1.165, 1.54) is 60.7 Å². The number of carbonyl (C=O) groups excluding carboxylic acids is 3. The Morgan fingerprint density at radius 2 is 0.883 bits per heavy atom. The summed E-state index contributed by atoms with van der Waals surface area (Å²) in [6.45, 7) is 13.2. The molecule has 4 unspecified atom stereocenters. The van der Waals surface area contributed by atoms with Crippen LogP contribution < -0.4 is 5.73 Å².